The number of hydrogen-bond acceptors (Lipinski definition) is 5. The number of nitrogens with zero attached hydrogens (tertiary/aromatic N) is 2. The van der Waals surface area contributed by atoms with E-state index < -0.39 is 0 Å². The second-order valence-electron chi connectivity index (χ2n) is 5.21. The smallest absolute Gasteiger partial charge is 0.248 e. The number of para-hydroxylation sites is 2. The van der Waals surface area contributed by atoms with E-state index in [9.17, 15) is 4.79 Å². The van der Waals surface area contributed by atoms with Crippen LogP contribution in [0, 0.1) is 0 Å². The van der Waals surface area contributed by atoms with Crippen LogP contribution in [-0.2, 0) is 4.79 Å². The van der Waals surface area contributed by atoms with Crippen LogP contribution in [-0.4, -0.2) is 30.1 Å². The zero-order valence-electron chi connectivity index (χ0n) is 13.9. The van der Waals surface area contributed by atoms with Gasteiger partial charge in [-0.05, 0) is 18.2 Å². The minimum atomic E-state index is -0.287. The molecule has 0 radical (unpaired) electrons. The number of carbonyl (C=O) groups is 1. The van der Waals surface area contributed by atoms with Crippen LogP contribution in [0.3, 0.4) is 0 Å². The molecule has 0 saturated carbocycles. The van der Waals surface area contributed by atoms with Crippen molar-refractivity contribution < 1.29 is 14.3 Å². The third kappa shape index (κ3) is 4.11. The van der Waals surface area contributed by atoms with E-state index in [1.54, 1.807) is 44.7 Å². The van der Waals surface area contributed by atoms with Crippen molar-refractivity contribution in [3.63, 3.8) is 0 Å². The summed E-state index contributed by atoms with van der Waals surface area (Å²) >= 11 is 0. The quantitative estimate of drug-likeness (QED) is 0.724. The number of nitrogens with one attached hydrogen (secondary N) is 1. The predicted octanol–water partition coefficient (Wildman–Crippen LogP) is 3.30. The maximum Gasteiger partial charge on any atom is 0.248 e. The lowest BCUT2D eigenvalue weighted by Crippen LogP contribution is -2.08. The molecule has 1 N–H and O–H groups in total. The highest BCUT2D eigenvalue weighted by atomic mass is 16.5. The van der Waals surface area contributed by atoms with Gasteiger partial charge in [0, 0.05) is 30.0 Å². The summed E-state index contributed by atoms with van der Waals surface area (Å²) in [6.45, 7) is 0. The number of ether oxygens (including phenoxy) is 2. The van der Waals surface area contributed by atoms with Gasteiger partial charge in [0.2, 0.25) is 5.91 Å². The number of benzene rings is 2. The summed E-state index contributed by atoms with van der Waals surface area (Å²) in [4.78, 5) is 20.9. The highest BCUT2D eigenvalue weighted by molar-refractivity contribution is 6.02. The van der Waals surface area contributed by atoms with Crippen molar-refractivity contribution in [3.8, 4) is 11.5 Å². The number of rotatable bonds is 5. The summed E-state index contributed by atoms with van der Waals surface area (Å²) in [6.07, 6.45) is 4.65. The minimum absolute atomic E-state index is 0.287. The van der Waals surface area contributed by atoms with Gasteiger partial charge in [-0.15, -0.1) is 0 Å². The van der Waals surface area contributed by atoms with Gasteiger partial charge in [0.15, 0.2) is 0 Å². The fourth-order valence-corrected chi connectivity index (χ4v) is 2.28. The number of methoxy groups -OCH3 is 2. The average molecular weight is 335 g/mol. The number of anilines is 1. The lowest BCUT2D eigenvalue weighted by molar-refractivity contribution is -0.111. The van der Waals surface area contributed by atoms with Gasteiger partial charge in [-0.2, -0.15) is 0 Å². The van der Waals surface area contributed by atoms with Crippen LogP contribution in [0.25, 0.3) is 17.1 Å². The van der Waals surface area contributed by atoms with E-state index in [4.69, 9.17) is 9.47 Å². The van der Waals surface area contributed by atoms with E-state index in [0.29, 0.717) is 22.9 Å². The molecule has 3 rings (SSSR count). The SMILES string of the molecule is COc1cc(NC(=O)/C=C/c2cnc3ccccc3n2)cc(OC)c1. The van der Waals surface area contributed by atoms with Crippen LogP contribution in [0.5, 0.6) is 11.5 Å². The van der Waals surface area contributed by atoms with Gasteiger partial charge < -0.3 is 14.8 Å². The van der Waals surface area contributed by atoms with Crippen LogP contribution in [0.4, 0.5) is 5.69 Å². The van der Waals surface area contributed by atoms with Crippen LogP contribution in [0.15, 0.2) is 54.7 Å². The first-order chi connectivity index (χ1) is 12.2. The standard InChI is InChI=1S/C19H17N3O3/c1-24-15-9-14(10-16(11-15)25-2)22-19(23)8-7-13-12-20-17-5-3-4-6-18(17)21-13/h3-12H,1-2H3,(H,22,23)/b8-7+. The molecule has 1 amide bonds. The maximum absolute atomic E-state index is 12.1. The number of carbonyl (C=O) groups excluding carboxylic acids is 1. The lowest BCUT2D eigenvalue weighted by Gasteiger charge is -2.08. The minimum Gasteiger partial charge on any atom is -0.497 e. The first kappa shape index (κ1) is 16.4. The van der Waals surface area contributed by atoms with E-state index >= 15 is 0 Å². The Kier molecular flexibility index (Phi) is 4.89. The van der Waals surface area contributed by atoms with E-state index in [2.05, 4.69) is 15.3 Å². The Hall–Kier alpha value is -3.41. The van der Waals surface area contributed by atoms with E-state index in [-0.39, 0.29) is 5.91 Å². The molecule has 6 nitrogen and oxygen atoms in total. The Bertz CT molecular complexity index is 916. The fourth-order valence-electron chi connectivity index (χ4n) is 2.28. The summed E-state index contributed by atoms with van der Waals surface area (Å²) in [5, 5.41) is 2.76. The van der Waals surface area contributed by atoms with Gasteiger partial charge in [-0.1, -0.05) is 12.1 Å². The van der Waals surface area contributed by atoms with Gasteiger partial charge in [-0.3, -0.25) is 9.78 Å². The molecular formula is C19H17N3O3. The monoisotopic (exact) mass is 335 g/mol. The van der Waals surface area contributed by atoms with E-state index in [1.807, 2.05) is 24.3 Å². The molecule has 0 saturated heterocycles. The zero-order chi connectivity index (χ0) is 17.6. The first-order valence-corrected chi connectivity index (χ1v) is 7.62. The molecule has 0 bridgehead atoms. The molecule has 3 aromatic rings. The molecule has 1 aromatic heterocycles. The van der Waals surface area contributed by atoms with Crippen molar-refractivity contribution in [2.75, 3.05) is 19.5 Å². The van der Waals surface area contributed by atoms with E-state index in [0.717, 1.165) is 11.0 Å². The molecule has 0 atom stereocenters. The number of hydrogen-bond donors (Lipinski definition) is 1. The topological polar surface area (TPSA) is 73.3 Å². The van der Waals surface area contributed by atoms with Gasteiger partial charge in [0.25, 0.3) is 0 Å². The second-order valence-corrected chi connectivity index (χ2v) is 5.21. The van der Waals surface area contributed by atoms with Crippen molar-refractivity contribution in [2.45, 2.75) is 0 Å². The largest absolute Gasteiger partial charge is 0.497 e. The first-order valence-electron chi connectivity index (χ1n) is 7.62. The molecule has 0 fully saturated rings. The molecule has 0 aliphatic rings. The molecular weight excluding hydrogens is 318 g/mol. The van der Waals surface area contributed by atoms with Crippen LogP contribution in [0.1, 0.15) is 5.69 Å². The fraction of sp³-hybridized carbons (Fsp3) is 0.105. The summed E-state index contributed by atoms with van der Waals surface area (Å²) < 4.78 is 10.4. The Morgan fingerprint density at radius 1 is 1.04 bits per heavy atom. The summed E-state index contributed by atoms with van der Waals surface area (Å²) in [6, 6.07) is 12.7. The average Bonchev–Trinajstić information content (AvgIpc) is 2.65. The van der Waals surface area contributed by atoms with Crippen LogP contribution >= 0.6 is 0 Å². The Morgan fingerprint density at radius 2 is 1.72 bits per heavy atom. The summed E-state index contributed by atoms with van der Waals surface area (Å²) in [7, 11) is 3.11. The van der Waals surface area contributed by atoms with Gasteiger partial charge in [0.05, 0.1) is 37.1 Å². The van der Waals surface area contributed by atoms with Gasteiger partial charge >= 0.3 is 0 Å². The molecule has 0 spiro atoms. The molecule has 1 heterocycles. The number of fused-ring (bicyclic) bond motifs is 1. The van der Waals surface area contributed by atoms with Crippen molar-refractivity contribution in [2.24, 2.45) is 0 Å². The Labute approximate surface area is 145 Å². The lowest BCUT2D eigenvalue weighted by atomic mass is 10.2. The maximum atomic E-state index is 12.1. The highest BCUT2D eigenvalue weighted by Crippen LogP contribution is 2.25. The molecule has 2 aromatic carbocycles. The van der Waals surface area contributed by atoms with Crippen LogP contribution in [0.2, 0.25) is 0 Å². The Balaban J connectivity index is 1.74. The summed E-state index contributed by atoms with van der Waals surface area (Å²) in [5.74, 6) is 0.906. The number of aromatic nitrogens is 2. The van der Waals surface area contributed by atoms with Gasteiger partial charge in [-0.25, -0.2) is 4.98 Å². The number of amides is 1. The normalized spacial score (nSPS) is 10.8. The summed E-state index contributed by atoms with van der Waals surface area (Å²) in [5.41, 5.74) is 2.78. The third-order valence-corrected chi connectivity index (χ3v) is 3.49. The predicted molar refractivity (Wildman–Crippen MR) is 96.7 cm³/mol. The molecule has 0 unspecified atom stereocenters. The molecule has 126 valence electrons. The molecule has 25 heavy (non-hydrogen) atoms. The zero-order valence-corrected chi connectivity index (χ0v) is 13.9. The molecule has 0 aliphatic carbocycles. The van der Waals surface area contributed by atoms with Crippen molar-refractivity contribution in [1.82, 2.24) is 9.97 Å². The van der Waals surface area contributed by atoms with Crippen molar-refractivity contribution in [1.29, 1.82) is 0 Å². The Morgan fingerprint density at radius 3 is 2.40 bits per heavy atom. The van der Waals surface area contributed by atoms with Crippen molar-refractivity contribution >= 4 is 28.7 Å². The van der Waals surface area contributed by atoms with Crippen LogP contribution < -0.4 is 14.8 Å². The van der Waals surface area contributed by atoms with Gasteiger partial charge in [0.1, 0.15) is 11.5 Å². The molecule has 0 aliphatic heterocycles. The highest BCUT2D eigenvalue weighted by Gasteiger charge is 2.04. The second kappa shape index (κ2) is 7.44. The van der Waals surface area contributed by atoms with E-state index in [1.165, 1.54) is 6.08 Å². The van der Waals surface area contributed by atoms with Crippen molar-refractivity contribution in [3.05, 3.63) is 60.4 Å². The molecule has 6 heteroatoms. The third-order valence-electron chi connectivity index (χ3n) is 3.49.